The fourth-order valence-electron chi connectivity index (χ4n) is 4.06. The summed E-state index contributed by atoms with van der Waals surface area (Å²) in [4.78, 5) is 27.1. The number of nitrogens with zero attached hydrogens (tertiary/aromatic N) is 1. The molecule has 3 aliphatic rings. The van der Waals surface area contributed by atoms with Crippen LogP contribution in [0.1, 0.15) is 6.92 Å². The summed E-state index contributed by atoms with van der Waals surface area (Å²) >= 11 is 0. The lowest BCUT2D eigenvalue weighted by Gasteiger charge is -2.22. The van der Waals surface area contributed by atoms with Gasteiger partial charge in [0.05, 0.1) is 38.0 Å². The van der Waals surface area contributed by atoms with Crippen LogP contribution in [-0.4, -0.2) is 43.8 Å². The average molecular weight is 329 g/mol. The van der Waals surface area contributed by atoms with Crippen molar-refractivity contribution in [1.82, 2.24) is 0 Å². The lowest BCUT2D eigenvalue weighted by Crippen LogP contribution is -2.40. The van der Waals surface area contributed by atoms with Gasteiger partial charge in [-0.3, -0.25) is 9.59 Å². The van der Waals surface area contributed by atoms with Crippen LogP contribution in [0.3, 0.4) is 0 Å². The van der Waals surface area contributed by atoms with Gasteiger partial charge in [-0.2, -0.15) is 0 Å². The number of anilines is 1. The monoisotopic (exact) mass is 329 g/mol. The van der Waals surface area contributed by atoms with Gasteiger partial charge >= 0.3 is 5.97 Å². The maximum Gasteiger partial charge on any atom is 0.312 e. The number of para-hydroxylation sites is 2. The third kappa shape index (κ3) is 1.92. The molecule has 6 heteroatoms. The molecule has 2 fully saturated rings. The predicted molar refractivity (Wildman–Crippen MR) is 85.7 cm³/mol. The first-order valence-corrected chi connectivity index (χ1v) is 8.09. The standard InChI is InChI=1S/C18H19NO5/c1-3-23-17(21)14-13-8-9-18(24-13)10-19(16(20)15(14)18)11-6-4-5-7-12(11)22-2/h4-9,13-15H,3,10H2,1-2H3. The van der Waals surface area contributed by atoms with Gasteiger partial charge in [0.1, 0.15) is 17.3 Å². The molecular formula is C18H19NO5. The Labute approximate surface area is 140 Å². The van der Waals surface area contributed by atoms with Crippen LogP contribution >= 0.6 is 0 Å². The van der Waals surface area contributed by atoms with E-state index in [-0.39, 0.29) is 24.6 Å². The molecule has 6 nitrogen and oxygen atoms in total. The highest BCUT2D eigenvalue weighted by Gasteiger charge is 2.67. The van der Waals surface area contributed by atoms with Crippen LogP contribution in [0.5, 0.6) is 5.75 Å². The average Bonchev–Trinajstić information content (AvgIpc) is 3.23. The Morgan fingerprint density at radius 1 is 1.42 bits per heavy atom. The van der Waals surface area contributed by atoms with Gasteiger partial charge in [0, 0.05) is 0 Å². The molecule has 0 N–H and O–H groups in total. The Hall–Kier alpha value is -2.34. The molecule has 4 rings (SSSR count). The highest BCUT2D eigenvalue weighted by atomic mass is 16.6. The number of hydrogen-bond acceptors (Lipinski definition) is 5. The third-order valence-electron chi connectivity index (χ3n) is 5.04. The van der Waals surface area contributed by atoms with Crippen molar-refractivity contribution in [1.29, 1.82) is 0 Å². The molecule has 3 aliphatic heterocycles. The van der Waals surface area contributed by atoms with Gasteiger partial charge in [-0.15, -0.1) is 0 Å². The molecule has 0 radical (unpaired) electrons. The van der Waals surface area contributed by atoms with Gasteiger partial charge in [-0.25, -0.2) is 0 Å². The predicted octanol–water partition coefficient (Wildman–Crippen LogP) is 1.54. The summed E-state index contributed by atoms with van der Waals surface area (Å²) in [7, 11) is 1.57. The van der Waals surface area contributed by atoms with E-state index in [0.717, 1.165) is 0 Å². The first kappa shape index (κ1) is 15.2. The van der Waals surface area contributed by atoms with Gasteiger partial charge in [0.15, 0.2) is 0 Å². The Morgan fingerprint density at radius 2 is 2.21 bits per heavy atom. The molecule has 4 unspecified atom stereocenters. The van der Waals surface area contributed by atoms with E-state index in [0.29, 0.717) is 18.0 Å². The maximum atomic E-state index is 13.1. The topological polar surface area (TPSA) is 65.1 Å². The first-order valence-electron chi connectivity index (χ1n) is 8.09. The van der Waals surface area contributed by atoms with E-state index in [1.54, 1.807) is 18.9 Å². The maximum absolute atomic E-state index is 13.1. The first-order chi connectivity index (χ1) is 11.6. The van der Waals surface area contributed by atoms with Crippen molar-refractivity contribution < 1.29 is 23.8 Å². The Morgan fingerprint density at radius 3 is 2.96 bits per heavy atom. The molecule has 1 aromatic carbocycles. The van der Waals surface area contributed by atoms with Crippen LogP contribution in [0.25, 0.3) is 0 Å². The lowest BCUT2D eigenvalue weighted by molar-refractivity contribution is -0.151. The largest absolute Gasteiger partial charge is 0.495 e. The third-order valence-corrected chi connectivity index (χ3v) is 5.04. The zero-order chi connectivity index (χ0) is 16.9. The molecule has 1 aromatic rings. The number of carbonyl (C=O) groups is 2. The summed E-state index contributed by atoms with van der Waals surface area (Å²) in [5, 5.41) is 0. The summed E-state index contributed by atoms with van der Waals surface area (Å²) in [6, 6.07) is 7.36. The van der Waals surface area contributed by atoms with E-state index in [4.69, 9.17) is 14.2 Å². The molecular weight excluding hydrogens is 310 g/mol. The van der Waals surface area contributed by atoms with Crippen LogP contribution in [0, 0.1) is 11.8 Å². The number of benzene rings is 1. The van der Waals surface area contributed by atoms with Crippen molar-refractivity contribution in [2.45, 2.75) is 18.6 Å². The second-order valence-electron chi connectivity index (χ2n) is 6.25. The molecule has 126 valence electrons. The van der Waals surface area contributed by atoms with Crippen LogP contribution < -0.4 is 9.64 Å². The second kappa shape index (κ2) is 5.34. The molecule has 3 heterocycles. The highest BCUT2D eigenvalue weighted by molar-refractivity contribution is 6.03. The second-order valence-corrected chi connectivity index (χ2v) is 6.25. The lowest BCUT2D eigenvalue weighted by atomic mass is 9.77. The number of esters is 1. The van der Waals surface area contributed by atoms with E-state index in [2.05, 4.69) is 0 Å². The Kier molecular flexibility index (Phi) is 3.38. The van der Waals surface area contributed by atoms with E-state index < -0.39 is 17.4 Å². The van der Waals surface area contributed by atoms with Crippen molar-refractivity contribution >= 4 is 17.6 Å². The Balaban J connectivity index is 1.71. The fraction of sp³-hybridized carbons (Fsp3) is 0.444. The van der Waals surface area contributed by atoms with Crippen LogP contribution in [0.15, 0.2) is 36.4 Å². The van der Waals surface area contributed by atoms with Crippen molar-refractivity contribution in [2.24, 2.45) is 11.8 Å². The van der Waals surface area contributed by atoms with Crippen molar-refractivity contribution in [3.05, 3.63) is 36.4 Å². The smallest absolute Gasteiger partial charge is 0.312 e. The van der Waals surface area contributed by atoms with Crippen molar-refractivity contribution in [2.75, 3.05) is 25.2 Å². The fourth-order valence-corrected chi connectivity index (χ4v) is 4.06. The van der Waals surface area contributed by atoms with E-state index in [1.807, 2.05) is 36.4 Å². The van der Waals surface area contributed by atoms with Crippen molar-refractivity contribution in [3.63, 3.8) is 0 Å². The molecule has 1 spiro atoms. The number of methoxy groups -OCH3 is 1. The van der Waals surface area contributed by atoms with Crippen LogP contribution in [0.2, 0.25) is 0 Å². The van der Waals surface area contributed by atoms with Gasteiger partial charge in [0.25, 0.3) is 0 Å². The number of hydrogen-bond donors (Lipinski definition) is 0. The number of carbonyl (C=O) groups excluding carboxylic acids is 2. The molecule has 1 amide bonds. The SMILES string of the molecule is CCOC(=O)C1C2C=CC3(CN(c4ccccc4OC)C(=O)C13)O2. The number of fused-ring (bicyclic) bond motifs is 1. The van der Waals surface area contributed by atoms with Gasteiger partial charge in [-0.1, -0.05) is 24.3 Å². The number of ether oxygens (including phenoxy) is 3. The summed E-state index contributed by atoms with van der Waals surface area (Å²) in [5.74, 6) is -0.995. The normalized spacial score (nSPS) is 33.0. The zero-order valence-electron chi connectivity index (χ0n) is 13.6. The minimum Gasteiger partial charge on any atom is -0.495 e. The highest BCUT2D eigenvalue weighted by Crippen LogP contribution is 2.53. The van der Waals surface area contributed by atoms with Crippen LogP contribution in [0.4, 0.5) is 5.69 Å². The molecule has 2 bridgehead atoms. The molecule has 0 saturated carbocycles. The van der Waals surface area contributed by atoms with Gasteiger partial charge < -0.3 is 19.1 Å². The number of rotatable bonds is 4. The van der Waals surface area contributed by atoms with Crippen molar-refractivity contribution in [3.8, 4) is 5.75 Å². The minimum atomic E-state index is -0.750. The summed E-state index contributed by atoms with van der Waals surface area (Å²) in [6.45, 7) is 2.42. The molecule has 4 atom stereocenters. The summed E-state index contributed by atoms with van der Waals surface area (Å²) in [6.07, 6.45) is 3.42. The summed E-state index contributed by atoms with van der Waals surface area (Å²) < 4.78 is 16.6. The molecule has 0 aromatic heterocycles. The summed E-state index contributed by atoms with van der Waals surface area (Å²) in [5.41, 5.74) is -0.0585. The van der Waals surface area contributed by atoms with E-state index in [9.17, 15) is 9.59 Å². The van der Waals surface area contributed by atoms with Crippen LogP contribution in [-0.2, 0) is 19.1 Å². The quantitative estimate of drug-likeness (QED) is 0.619. The molecule has 2 saturated heterocycles. The molecule has 24 heavy (non-hydrogen) atoms. The van der Waals surface area contributed by atoms with E-state index >= 15 is 0 Å². The number of amides is 1. The zero-order valence-corrected chi connectivity index (χ0v) is 13.6. The minimum absolute atomic E-state index is 0.121. The van der Waals surface area contributed by atoms with E-state index in [1.165, 1.54) is 0 Å². The Bertz CT molecular complexity index is 730. The molecule has 0 aliphatic carbocycles. The van der Waals surface area contributed by atoms with Gasteiger partial charge in [-0.05, 0) is 19.1 Å². The van der Waals surface area contributed by atoms with Gasteiger partial charge in [0.2, 0.25) is 5.91 Å².